The zero-order valence-electron chi connectivity index (χ0n) is 28.2. The van der Waals surface area contributed by atoms with Crippen LogP contribution in [0.25, 0.3) is 95.8 Å². The quantitative estimate of drug-likeness (QED) is 0.183. The van der Waals surface area contributed by atoms with E-state index < -0.39 is 0 Å². The van der Waals surface area contributed by atoms with E-state index in [4.69, 9.17) is 9.97 Å². The average Bonchev–Trinajstić information content (AvgIpc) is 3.79. The molecule has 0 saturated heterocycles. The first-order valence-corrected chi connectivity index (χ1v) is 19.5. The van der Waals surface area contributed by atoms with E-state index in [0.29, 0.717) is 0 Å². The van der Waals surface area contributed by atoms with Crippen LogP contribution in [0.3, 0.4) is 0 Å². The van der Waals surface area contributed by atoms with Gasteiger partial charge in [-0.2, -0.15) is 0 Å². The molecule has 0 aliphatic carbocycles. The SMILES string of the molecule is c1cc(-c2nc(-c3ccc4sc5ccccc5c4c3)c3sc4ccccc4c3n2)cc(N2c3c(ccc4ccccc34)-c3cccc4cccc2c34)c1. The van der Waals surface area contributed by atoms with E-state index in [0.717, 1.165) is 43.9 Å². The molecule has 0 radical (unpaired) electrons. The second-order valence-corrected chi connectivity index (χ2v) is 15.9. The zero-order valence-corrected chi connectivity index (χ0v) is 29.9. The fourth-order valence-corrected chi connectivity index (χ4v) is 10.6. The molecule has 4 heterocycles. The summed E-state index contributed by atoms with van der Waals surface area (Å²) in [4.78, 5) is 13.3. The Hall–Kier alpha value is -6.40. The van der Waals surface area contributed by atoms with E-state index in [1.807, 2.05) is 11.3 Å². The van der Waals surface area contributed by atoms with Gasteiger partial charge in [-0.25, -0.2) is 9.97 Å². The van der Waals surface area contributed by atoms with Gasteiger partial charge in [-0.3, -0.25) is 0 Å². The molecule has 1 aliphatic rings. The van der Waals surface area contributed by atoms with Crippen LogP contribution in [0.15, 0.2) is 164 Å². The van der Waals surface area contributed by atoms with Crippen LogP contribution < -0.4 is 4.90 Å². The molecule has 0 N–H and O–H groups in total. The standard InChI is InChI=1S/C48H27N3S2/c1-2-15-33-28(10-1)22-24-36-35-18-8-11-29-12-9-19-39(43(29)35)51(46(33)36)32-14-7-13-31(26-32)48-49-44(47-45(50-48)37-17-4-6-21-41(37)53-47)30-23-25-42-38(27-30)34-16-3-5-20-40(34)52-42/h1-27H. The summed E-state index contributed by atoms with van der Waals surface area (Å²) in [5.74, 6) is 0.724. The fourth-order valence-electron chi connectivity index (χ4n) is 8.41. The fraction of sp³-hybridized carbons (Fsp3) is 0. The number of benzene rings is 8. The highest BCUT2D eigenvalue weighted by Gasteiger charge is 2.28. The van der Waals surface area contributed by atoms with E-state index >= 15 is 0 Å². The molecule has 0 unspecified atom stereocenters. The van der Waals surface area contributed by atoms with E-state index in [1.165, 1.54) is 68.9 Å². The van der Waals surface area contributed by atoms with Gasteiger partial charge in [0.1, 0.15) is 0 Å². The first kappa shape index (κ1) is 29.2. The number of aromatic nitrogens is 2. The molecule has 8 aromatic carbocycles. The molecule has 3 nitrogen and oxygen atoms in total. The van der Waals surface area contributed by atoms with Crippen LogP contribution in [0.5, 0.6) is 0 Å². The van der Waals surface area contributed by atoms with Gasteiger partial charge < -0.3 is 4.90 Å². The Kier molecular flexibility index (Phi) is 6.09. The monoisotopic (exact) mass is 709 g/mol. The summed E-state index contributed by atoms with van der Waals surface area (Å²) in [5.41, 5.74) is 10.0. The summed E-state index contributed by atoms with van der Waals surface area (Å²) in [5, 5.41) is 8.66. The molecule has 246 valence electrons. The molecule has 1 aliphatic heterocycles. The normalized spacial score (nSPS) is 12.5. The average molecular weight is 710 g/mol. The zero-order chi connectivity index (χ0) is 34.6. The van der Waals surface area contributed by atoms with Crippen molar-refractivity contribution in [2.24, 2.45) is 0 Å². The lowest BCUT2D eigenvalue weighted by Gasteiger charge is -2.34. The lowest BCUT2D eigenvalue weighted by Crippen LogP contribution is -2.15. The lowest BCUT2D eigenvalue weighted by molar-refractivity contribution is 1.23. The molecule has 12 rings (SSSR count). The minimum atomic E-state index is 0.724. The summed E-state index contributed by atoms with van der Waals surface area (Å²) in [6, 6.07) is 59.5. The van der Waals surface area contributed by atoms with Gasteiger partial charge in [0.2, 0.25) is 0 Å². The maximum absolute atomic E-state index is 5.45. The van der Waals surface area contributed by atoms with Crippen molar-refractivity contribution in [1.29, 1.82) is 0 Å². The second kappa shape index (κ2) is 11.1. The summed E-state index contributed by atoms with van der Waals surface area (Å²) in [6.45, 7) is 0. The van der Waals surface area contributed by atoms with Gasteiger partial charge in [0, 0.05) is 63.4 Å². The van der Waals surface area contributed by atoms with Gasteiger partial charge >= 0.3 is 0 Å². The van der Waals surface area contributed by atoms with Crippen molar-refractivity contribution < 1.29 is 0 Å². The molecular weight excluding hydrogens is 683 g/mol. The highest BCUT2D eigenvalue weighted by atomic mass is 32.1. The molecule has 11 aromatic rings. The summed E-state index contributed by atoms with van der Waals surface area (Å²) in [7, 11) is 0. The van der Waals surface area contributed by atoms with Crippen molar-refractivity contribution in [1.82, 2.24) is 9.97 Å². The Morgan fingerprint density at radius 3 is 2.09 bits per heavy atom. The largest absolute Gasteiger partial charge is 0.309 e. The van der Waals surface area contributed by atoms with Crippen molar-refractivity contribution in [3.63, 3.8) is 0 Å². The molecule has 0 atom stereocenters. The third-order valence-corrected chi connectivity index (χ3v) is 13.1. The van der Waals surface area contributed by atoms with E-state index in [9.17, 15) is 0 Å². The van der Waals surface area contributed by atoms with Crippen molar-refractivity contribution in [3.05, 3.63) is 164 Å². The maximum Gasteiger partial charge on any atom is 0.160 e. The summed E-state index contributed by atoms with van der Waals surface area (Å²) in [6.07, 6.45) is 0. The minimum absolute atomic E-state index is 0.724. The van der Waals surface area contributed by atoms with E-state index in [-0.39, 0.29) is 0 Å². The molecule has 3 aromatic heterocycles. The minimum Gasteiger partial charge on any atom is -0.309 e. The number of nitrogens with zero attached hydrogens (tertiary/aromatic N) is 3. The lowest BCUT2D eigenvalue weighted by atomic mass is 9.88. The van der Waals surface area contributed by atoms with Crippen LogP contribution in [0.4, 0.5) is 17.1 Å². The maximum atomic E-state index is 5.45. The number of fused-ring (bicyclic) bond motifs is 10. The van der Waals surface area contributed by atoms with Crippen LogP contribution in [-0.4, -0.2) is 9.97 Å². The summed E-state index contributed by atoms with van der Waals surface area (Å²) < 4.78 is 4.92. The van der Waals surface area contributed by atoms with Crippen LogP contribution >= 0.6 is 22.7 Å². The predicted octanol–water partition coefficient (Wildman–Crippen LogP) is 14.3. The summed E-state index contributed by atoms with van der Waals surface area (Å²) >= 11 is 3.62. The predicted molar refractivity (Wildman–Crippen MR) is 227 cm³/mol. The van der Waals surface area contributed by atoms with Crippen molar-refractivity contribution in [2.75, 3.05) is 4.90 Å². The Balaban J connectivity index is 1.10. The Morgan fingerprint density at radius 2 is 1.19 bits per heavy atom. The molecule has 0 spiro atoms. The number of hydrogen-bond donors (Lipinski definition) is 0. The van der Waals surface area contributed by atoms with E-state index in [2.05, 4.69) is 169 Å². The molecule has 0 saturated carbocycles. The molecular formula is C48H27N3S2. The van der Waals surface area contributed by atoms with Gasteiger partial charge in [-0.05, 0) is 58.8 Å². The van der Waals surface area contributed by atoms with Gasteiger partial charge in [0.05, 0.1) is 27.3 Å². The molecule has 0 bridgehead atoms. The highest BCUT2D eigenvalue weighted by Crippen LogP contribution is 2.53. The Labute approximate surface area is 312 Å². The Bertz CT molecular complexity index is 3310. The third-order valence-electron chi connectivity index (χ3n) is 10.8. The smallest absolute Gasteiger partial charge is 0.160 e. The van der Waals surface area contributed by atoms with Crippen LogP contribution in [0, 0.1) is 0 Å². The van der Waals surface area contributed by atoms with Crippen molar-refractivity contribution in [3.8, 4) is 33.8 Å². The topological polar surface area (TPSA) is 29.0 Å². The molecule has 53 heavy (non-hydrogen) atoms. The highest BCUT2D eigenvalue weighted by molar-refractivity contribution is 7.26. The number of rotatable bonds is 3. The molecule has 0 fully saturated rings. The third kappa shape index (κ3) is 4.26. The van der Waals surface area contributed by atoms with Crippen LogP contribution in [0.2, 0.25) is 0 Å². The second-order valence-electron chi connectivity index (χ2n) is 13.7. The number of hydrogen-bond acceptors (Lipinski definition) is 5. The van der Waals surface area contributed by atoms with Crippen LogP contribution in [-0.2, 0) is 0 Å². The first-order valence-electron chi connectivity index (χ1n) is 17.8. The van der Waals surface area contributed by atoms with Crippen molar-refractivity contribution in [2.45, 2.75) is 0 Å². The Morgan fingerprint density at radius 1 is 0.453 bits per heavy atom. The number of thiophene rings is 2. The van der Waals surface area contributed by atoms with E-state index in [1.54, 1.807) is 11.3 Å². The molecule has 5 heteroatoms. The number of anilines is 3. The van der Waals surface area contributed by atoms with Crippen molar-refractivity contribution >= 4 is 102 Å². The van der Waals surface area contributed by atoms with Gasteiger partial charge in [-0.15, -0.1) is 22.7 Å². The van der Waals surface area contributed by atoms with Crippen LogP contribution in [0.1, 0.15) is 0 Å². The van der Waals surface area contributed by atoms with Gasteiger partial charge in [-0.1, -0.05) is 121 Å². The van der Waals surface area contributed by atoms with Gasteiger partial charge in [0.25, 0.3) is 0 Å². The molecule has 0 amide bonds. The first-order chi connectivity index (χ1) is 26.3. The van der Waals surface area contributed by atoms with Gasteiger partial charge in [0.15, 0.2) is 5.82 Å².